The molecule has 23 heavy (non-hydrogen) atoms. The molecule has 3 amide bonds. The van der Waals surface area contributed by atoms with E-state index in [4.69, 9.17) is 0 Å². The van der Waals surface area contributed by atoms with Crippen LogP contribution < -0.4 is 16.0 Å². The number of aromatic nitrogens is 2. The molecule has 2 aromatic rings. The maximum absolute atomic E-state index is 11.9. The van der Waals surface area contributed by atoms with E-state index in [-0.39, 0.29) is 5.91 Å². The average molecular weight is 311 g/mol. The summed E-state index contributed by atoms with van der Waals surface area (Å²) in [4.78, 5) is 31.6. The maximum Gasteiger partial charge on any atom is 0.322 e. The second kappa shape index (κ2) is 5.68. The van der Waals surface area contributed by atoms with E-state index in [1.54, 1.807) is 18.6 Å². The minimum absolute atomic E-state index is 0.321. The topological polar surface area (TPSA) is 96.0 Å². The lowest BCUT2D eigenvalue weighted by Gasteiger charge is -2.30. The summed E-state index contributed by atoms with van der Waals surface area (Å²) >= 11 is 0. The fourth-order valence-electron chi connectivity index (χ4n) is 2.58. The van der Waals surface area contributed by atoms with Crippen LogP contribution in [0.2, 0.25) is 0 Å². The fraction of sp³-hybridized carbons (Fsp3) is 0.250. The number of nitrogens with one attached hydrogen (secondary N) is 3. The van der Waals surface area contributed by atoms with Gasteiger partial charge in [-0.05, 0) is 29.8 Å². The minimum Gasteiger partial charge on any atom is -0.339 e. The molecule has 0 aromatic carbocycles. The molecule has 0 bridgehead atoms. The monoisotopic (exact) mass is 311 g/mol. The van der Waals surface area contributed by atoms with Crippen molar-refractivity contribution in [2.75, 3.05) is 5.32 Å². The van der Waals surface area contributed by atoms with Gasteiger partial charge in [0.15, 0.2) is 0 Å². The van der Waals surface area contributed by atoms with Crippen LogP contribution in [0.25, 0.3) is 0 Å². The Hall–Kier alpha value is -2.96. The normalized spacial score (nSPS) is 17.6. The third kappa shape index (κ3) is 2.98. The number of pyridine rings is 2. The minimum atomic E-state index is -0.622. The van der Waals surface area contributed by atoms with Gasteiger partial charge in [-0.25, -0.2) is 9.78 Å². The van der Waals surface area contributed by atoms with Crippen molar-refractivity contribution >= 4 is 23.4 Å². The van der Waals surface area contributed by atoms with Crippen molar-refractivity contribution in [2.45, 2.75) is 25.3 Å². The number of rotatable bonds is 4. The van der Waals surface area contributed by atoms with Gasteiger partial charge >= 0.3 is 6.03 Å². The summed E-state index contributed by atoms with van der Waals surface area (Å²) in [6.07, 6.45) is 5.06. The molecule has 0 saturated carbocycles. The van der Waals surface area contributed by atoms with Crippen LogP contribution in [-0.2, 0) is 10.2 Å². The Balaban J connectivity index is 1.87. The summed E-state index contributed by atoms with van der Waals surface area (Å²) in [7, 11) is 0. The van der Waals surface area contributed by atoms with Gasteiger partial charge in [-0.3, -0.25) is 15.1 Å². The number of anilines is 2. The quantitative estimate of drug-likeness (QED) is 0.747. The highest BCUT2D eigenvalue weighted by Crippen LogP contribution is 2.30. The van der Waals surface area contributed by atoms with Crippen molar-refractivity contribution in [2.24, 2.45) is 0 Å². The average Bonchev–Trinajstić information content (AvgIpc) is 2.88. The van der Waals surface area contributed by atoms with Crippen molar-refractivity contribution in [3.05, 3.63) is 48.4 Å². The SMILES string of the molecule is CC(C)(c1ccnc(Nc2cccnc2)c1)C1NC(=O)NC1=O. The molecule has 7 nitrogen and oxygen atoms in total. The van der Waals surface area contributed by atoms with Gasteiger partial charge in [0.25, 0.3) is 5.91 Å². The summed E-state index contributed by atoms with van der Waals surface area (Å²) < 4.78 is 0. The standard InChI is InChI=1S/C16H17N5O2/c1-16(2,13-14(22)21-15(23)20-13)10-5-7-18-12(8-10)19-11-4-3-6-17-9-11/h3-9,13H,1-2H3,(H,18,19)(H2,20,21,22,23). The Morgan fingerprint density at radius 2 is 2.04 bits per heavy atom. The molecular weight excluding hydrogens is 294 g/mol. The van der Waals surface area contributed by atoms with Gasteiger partial charge in [-0.15, -0.1) is 0 Å². The fourth-order valence-corrected chi connectivity index (χ4v) is 2.58. The van der Waals surface area contributed by atoms with Gasteiger partial charge in [0.05, 0.1) is 11.9 Å². The van der Waals surface area contributed by atoms with Crippen LogP contribution in [0.3, 0.4) is 0 Å². The van der Waals surface area contributed by atoms with Gasteiger partial charge in [0.2, 0.25) is 0 Å². The molecule has 3 N–H and O–H groups in total. The number of nitrogens with zero attached hydrogens (tertiary/aromatic N) is 2. The predicted molar refractivity (Wildman–Crippen MR) is 85.2 cm³/mol. The molecule has 7 heteroatoms. The summed E-state index contributed by atoms with van der Waals surface area (Å²) in [6, 6.07) is 6.34. The molecular formula is C16H17N5O2. The van der Waals surface area contributed by atoms with Crippen LogP contribution in [0.5, 0.6) is 0 Å². The molecule has 1 saturated heterocycles. The van der Waals surface area contributed by atoms with E-state index in [0.717, 1.165) is 11.3 Å². The highest BCUT2D eigenvalue weighted by Gasteiger charge is 2.42. The van der Waals surface area contributed by atoms with E-state index in [9.17, 15) is 9.59 Å². The second-order valence-corrected chi connectivity index (χ2v) is 5.91. The summed E-state index contributed by atoms with van der Waals surface area (Å²) in [6.45, 7) is 3.82. The number of carbonyl (C=O) groups is 2. The second-order valence-electron chi connectivity index (χ2n) is 5.91. The first-order valence-corrected chi connectivity index (χ1v) is 7.22. The molecule has 118 valence electrons. The maximum atomic E-state index is 11.9. The Bertz CT molecular complexity index is 745. The zero-order valence-corrected chi connectivity index (χ0v) is 12.8. The van der Waals surface area contributed by atoms with Gasteiger partial charge in [0, 0.05) is 17.8 Å². The Morgan fingerprint density at radius 3 is 2.70 bits per heavy atom. The van der Waals surface area contributed by atoms with Crippen molar-refractivity contribution < 1.29 is 9.59 Å². The van der Waals surface area contributed by atoms with Crippen molar-refractivity contribution in [3.8, 4) is 0 Å². The molecule has 1 aliphatic rings. The zero-order valence-electron chi connectivity index (χ0n) is 12.8. The number of amides is 3. The Kier molecular flexibility index (Phi) is 3.69. The van der Waals surface area contributed by atoms with Crippen LogP contribution in [0.15, 0.2) is 42.9 Å². The van der Waals surface area contributed by atoms with E-state index < -0.39 is 17.5 Å². The first kappa shape index (κ1) is 15.0. The third-order valence-electron chi connectivity index (χ3n) is 3.93. The highest BCUT2D eigenvalue weighted by molar-refractivity contribution is 6.05. The summed E-state index contributed by atoms with van der Waals surface area (Å²) in [5.41, 5.74) is 1.13. The summed E-state index contributed by atoms with van der Waals surface area (Å²) in [5.74, 6) is 0.326. The highest BCUT2D eigenvalue weighted by atomic mass is 16.2. The van der Waals surface area contributed by atoms with Crippen molar-refractivity contribution in [1.82, 2.24) is 20.6 Å². The first-order chi connectivity index (χ1) is 11.0. The van der Waals surface area contributed by atoms with Gasteiger partial charge in [0.1, 0.15) is 11.9 Å². The van der Waals surface area contributed by atoms with Gasteiger partial charge < -0.3 is 10.6 Å². The number of urea groups is 1. The van der Waals surface area contributed by atoms with E-state index in [0.29, 0.717) is 5.82 Å². The van der Waals surface area contributed by atoms with Crippen LogP contribution in [0.1, 0.15) is 19.4 Å². The molecule has 1 fully saturated rings. The molecule has 0 aliphatic carbocycles. The lowest BCUT2D eigenvalue weighted by molar-refractivity contribution is -0.121. The van der Waals surface area contributed by atoms with E-state index in [1.165, 1.54) is 0 Å². The Labute approximate surface area is 133 Å². The van der Waals surface area contributed by atoms with E-state index in [2.05, 4.69) is 25.9 Å². The molecule has 1 aliphatic heterocycles. The number of imide groups is 1. The smallest absolute Gasteiger partial charge is 0.322 e. The number of hydrogen-bond acceptors (Lipinski definition) is 5. The Morgan fingerprint density at radius 1 is 1.22 bits per heavy atom. The predicted octanol–water partition coefficient (Wildman–Crippen LogP) is 1.71. The van der Waals surface area contributed by atoms with Gasteiger partial charge in [-0.2, -0.15) is 0 Å². The molecule has 0 radical (unpaired) electrons. The molecule has 3 rings (SSSR count). The lowest BCUT2D eigenvalue weighted by atomic mass is 9.78. The lowest BCUT2D eigenvalue weighted by Crippen LogP contribution is -2.45. The van der Waals surface area contributed by atoms with E-state index in [1.807, 2.05) is 38.1 Å². The van der Waals surface area contributed by atoms with Crippen LogP contribution >= 0.6 is 0 Å². The van der Waals surface area contributed by atoms with Crippen molar-refractivity contribution in [1.29, 1.82) is 0 Å². The first-order valence-electron chi connectivity index (χ1n) is 7.22. The number of hydrogen-bond donors (Lipinski definition) is 3. The molecule has 1 atom stereocenters. The van der Waals surface area contributed by atoms with Gasteiger partial charge in [-0.1, -0.05) is 13.8 Å². The summed E-state index contributed by atoms with van der Waals surface area (Å²) in [5, 5.41) is 8.10. The van der Waals surface area contributed by atoms with Crippen LogP contribution in [0.4, 0.5) is 16.3 Å². The number of carbonyl (C=O) groups excluding carboxylic acids is 2. The van der Waals surface area contributed by atoms with Crippen LogP contribution in [0, 0.1) is 0 Å². The van der Waals surface area contributed by atoms with E-state index >= 15 is 0 Å². The molecule has 0 spiro atoms. The third-order valence-corrected chi connectivity index (χ3v) is 3.93. The zero-order chi connectivity index (χ0) is 16.4. The molecule has 3 heterocycles. The largest absolute Gasteiger partial charge is 0.339 e. The molecule has 1 unspecified atom stereocenters. The van der Waals surface area contributed by atoms with Crippen LogP contribution in [-0.4, -0.2) is 27.9 Å². The van der Waals surface area contributed by atoms with Crippen molar-refractivity contribution in [3.63, 3.8) is 0 Å². The molecule has 2 aromatic heterocycles.